The lowest BCUT2D eigenvalue weighted by Gasteiger charge is -2.08. The largest absolute Gasteiger partial charge is 0.326 e. The monoisotopic (exact) mass is 364 g/mol. The van der Waals surface area contributed by atoms with Crippen molar-refractivity contribution < 1.29 is 9.59 Å². The van der Waals surface area contributed by atoms with Gasteiger partial charge in [0.1, 0.15) is 0 Å². The first-order valence-electron chi connectivity index (χ1n) is 7.47. The van der Waals surface area contributed by atoms with Crippen LogP contribution in [0.3, 0.4) is 0 Å². The molecule has 0 aliphatic carbocycles. The van der Waals surface area contributed by atoms with Gasteiger partial charge >= 0.3 is 0 Å². The number of aryl methyl sites for hydroxylation is 2. The molecular formula is C18H18Cl2N2O2. The molecular weight excluding hydrogens is 347 g/mol. The van der Waals surface area contributed by atoms with Crippen molar-refractivity contribution in [2.45, 2.75) is 26.7 Å². The number of anilines is 2. The zero-order valence-electron chi connectivity index (χ0n) is 13.5. The molecule has 2 N–H and O–H groups in total. The number of nitrogens with one attached hydrogen (secondary N) is 2. The molecule has 0 aliphatic heterocycles. The van der Waals surface area contributed by atoms with E-state index in [9.17, 15) is 9.59 Å². The van der Waals surface area contributed by atoms with E-state index in [4.69, 9.17) is 23.2 Å². The first kappa shape index (κ1) is 18.3. The second kappa shape index (κ2) is 8.18. The average Bonchev–Trinajstić information content (AvgIpc) is 2.53. The number of rotatable bonds is 5. The number of halogens is 2. The van der Waals surface area contributed by atoms with Crippen LogP contribution in [0.15, 0.2) is 36.4 Å². The van der Waals surface area contributed by atoms with Crippen molar-refractivity contribution in [3.8, 4) is 0 Å². The van der Waals surface area contributed by atoms with E-state index in [1.807, 2.05) is 26.0 Å². The lowest BCUT2D eigenvalue weighted by Crippen LogP contribution is -2.17. The maximum Gasteiger partial charge on any atom is 0.224 e. The summed E-state index contributed by atoms with van der Waals surface area (Å²) in [5.41, 5.74) is 3.10. The molecule has 2 amide bonds. The Kier molecular flexibility index (Phi) is 6.23. The Balaban J connectivity index is 1.83. The van der Waals surface area contributed by atoms with E-state index in [-0.39, 0.29) is 24.7 Å². The van der Waals surface area contributed by atoms with Gasteiger partial charge in [0.25, 0.3) is 0 Å². The highest BCUT2D eigenvalue weighted by Crippen LogP contribution is 2.21. The Labute approximate surface area is 151 Å². The number of amides is 2. The highest BCUT2D eigenvalue weighted by Gasteiger charge is 2.09. The number of carbonyl (C=O) groups excluding carboxylic acids is 2. The Morgan fingerprint density at radius 3 is 1.50 bits per heavy atom. The van der Waals surface area contributed by atoms with E-state index >= 15 is 0 Å². The van der Waals surface area contributed by atoms with Gasteiger partial charge in [-0.15, -0.1) is 0 Å². The molecule has 0 saturated heterocycles. The maximum atomic E-state index is 11.9. The Hall–Kier alpha value is -2.04. The maximum absolute atomic E-state index is 11.9. The summed E-state index contributed by atoms with van der Waals surface area (Å²) in [5, 5.41) is 6.61. The van der Waals surface area contributed by atoms with Gasteiger partial charge in [-0.25, -0.2) is 0 Å². The lowest BCUT2D eigenvalue weighted by molar-refractivity contribution is -0.121. The lowest BCUT2D eigenvalue weighted by atomic mass is 10.2. The third-order valence-corrected chi connectivity index (χ3v) is 4.30. The van der Waals surface area contributed by atoms with E-state index < -0.39 is 0 Å². The number of carbonyl (C=O) groups is 2. The number of hydrogen-bond donors (Lipinski definition) is 2. The zero-order valence-corrected chi connectivity index (χ0v) is 15.0. The van der Waals surface area contributed by atoms with Gasteiger partial charge in [0.05, 0.1) is 0 Å². The van der Waals surface area contributed by atoms with Crippen LogP contribution in [-0.4, -0.2) is 11.8 Å². The Bertz CT molecular complexity index is 710. The molecule has 0 heterocycles. The van der Waals surface area contributed by atoms with Crippen molar-refractivity contribution in [2.75, 3.05) is 10.6 Å². The fourth-order valence-corrected chi connectivity index (χ4v) is 2.38. The SMILES string of the molecule is Cc1ccc(NC(=O)CCC(=O)Nc2ccc(C)c(Cl)c2)cc1Cl. The molecule has 2 rings (SSSR count). The topological polar surface area (TPSA) is 58.2 Å². The molecule has 0 spiro atoms. The van der Waals surface area contributed by atoms with Crippen LogP contribution < -0.4 is 10.6 Å². The van der Waals surface area contributed by atoms with Crippen molar-refractivity contribution >= 4 is 46.4 Å². The van der Waals surface area contributed by atoms with Crippen LogP contribution in [0.5, 0.6) is 0 Å². The van der Waals surface area contributed by atoms with Crippen molar-refractivity contribution in [1.29, 1.82) is 0 Å². The molecule has 0 radical (unpaired) electrons. The molecule has 2 aromatic rings. The van der Waals surface area contributed by atoms with E-state index in [1.165, 1.54) is 0 Å². The summed E-state index contributed by atoms with van der Waals surface area (Å²) in [4.78, 5) is 23.8. The second-order valence-electron chi connectivity index (χ2n) is 5.52. The summed E-state index contributed by atoms with van der Waals surface area (Å²) in [5.74, 6) is -0.487. The van der Waals surface area contributed by atoms with Crippen LogP contribution in [0.2, 0.25) is 10.0 Å². The van der Waals surface area contributed by atoms with Crippen LogP contribution in [0.25, 0.3) is 0 Å². The van der Waals surface area contributed by atoms with Crippen LogP contribution >= 0.6 is 23.2 Å². The average molecular weight is 365 g/mol. The first-order chi connectivity index (χ1) is 11.3. The second-order valence-corrected chi connectivity index (χ2v) is 6.34. The normalized spacial score (nSPS) is 10.3. The molecule has 4 nitrogen and oxygen atoms in total. The molecule has 0 aliphatic rings. The molecule has 0 saturated carbocycles. The predicted molar refractivity (Wildman–Crippen MR) is 98.9 cm³/mol. The smallest absolute Gasteiger partial charge is 0.224 e. The van der Waals surface area contributed by atoms with Gasteiger partial charge < -0.3 is 10.6 Å². The molecule has 0 fully saturated rings. The van der Waals surface area contributed by atoms with Gasteiger partial charge in [0, 0.05) is 34.3 Å². The minimum atomic E-state index is -0.244. The number of benzene rings is 2. The molecule has 0 atom stereocenters. The molecule has 6 heteroatoms. The molecule has 0 aromatic heterocycles. The van der Waals surface area contributed by atoms with Gasteiger partial charge in [0.2, 0.25) is 11.8 Å². The highest BCUT2D eigenvalue weighted by molar-refractivity contribution is 6.32. The summed E-state index contributed by atoms with van der Waals surface area (Å²) in [6.07, 6.45) is 0.161. The van der Waals surface area contributed by atoms with Gasteiger partial charge in [0.15, 0.2) is 0 Å². The Morgan fingerprint density at radius 1 is 0.792 bits per heavy atom. The Morgan fingerprint density at radius 2 is 1.17 bits per heavy atom. The minimum Gasteiger partial charge on any atom is -0.326 e. The minimum absolute atomic E-state index is 0.0803. The van der Waals surface area contributed by atoms with Crippen molar-refractivity contribution in [1.82, 2.24) is 0 Å². The fourth-order valence-electron chi connectivity index (χ4n) is 2.02. The van der Waals surface area contributed by atoms with E-state index in [0.717, 1.165) is 11.1 Å². The quantitative estimate of drug-likeness (QED) is 0.786. The highest BCUT2D eigenvalue weighted by atomic mass is 35.5. The molecule has 126 valence electrons. The van der Waals surface area contributed by atoms with Crippen LogP contribution in [-0.2, 0) is 9.59 Å². The van der Waals surface area contributed by atoms with Gasteiger partial charge in [-0.3, -0.25) is 9.59 Å². The van der Waals surface area contributed by atoms with E-state index in [2.05, 4.69) is 10.6 Å². The zero-order chi connectivity index (χ0) is 17.7. The third-order valence-electron chi connectivity index (χ3n) is 3.49. The van der Waals surface area contributed by atoms with E-state index in [0.29, 0.717) is 21.4 Å². The summed E-state index contributed by atoms with van der Waals surface area (Å²) in [6.45, 7) is 3.77. The summed E-state index contributed by atoms with van der Waals surface area (Å²) >= 11 is 12.0. The van der Waals surface area contributed by atoms with E-state index in [1.54, 1.807) is 24.3 Å². The predicted octanol–water partition coefficient (Wildman–Crippen LogP) is 4.97. The molecule has 0 unspecified atom stereocenters. The van der Waals surface area contributed by atoms with Crippen LogP contribution in [0.4, 0.5) is 11.4 Å². The van der Waals surface area contributed by atoms with Gasteiger partial charge in [-0.2, -0.15) is 0 Å². The summed E-state index contributed by atoms with van der Waals surface area (Å²) < 4.78 is 0. The first-order valence-corrected chi connectivity index (χ1v) is 8.23. The molecule has 24 heavy (non-hydrogen) atoms. The summed E-state index contributed by atoms with van der Waals surface area (Å²) in [6, 6.07) is 10.6. The molecule has 0 bridgehead atoms. The van der Waals surface area contributed by atoms with Crippen LogP contribution in [0, 0.1) is 13.8 Å². The van der Waals surface area contributed by atoms with Crippen molar-refractivity contribution in [2.24, 2.45) is 0 Å². The fraction of sp³-hybridized carbons (Fsp3) is 0.222. The van der Waals surface area contributed by atoms with Gasteiger partial charge in [-0.05, 0) is 49.2 Å². The third kappa shape index (κ3) is 5.25. The van der Waals surface area contributed by atoms with Crippen LogP contribution in [0.1, 0.15) is 24.0 Å². The van der Waals surface area contributed by atoms with Crippen molar-refractivity contribution in [3.05, 3.63) is 57.6 Å². The number of hydrogen-bond acceptors (Lipinski definition) is 2. The van der Waals surface area contributed by atoms with Gasteiger partial charge in [-0.1, -0.05) is 35.3 Å². The molecule has 2 aromatic carbocycles. The summed E-state index contributed by atoms with van der Waals surface area (Å²) in [7, 11) is 0. The van der Waals surface area contributed by atoms with Crippen molar-refractivity contribution in [3.63, 3.8) is 0 Å². The standard InChI is InChI=1S/C18H18Cl2N2O2/c1-11-3-5-13(9-15(11)19)21-17(23)7-8-18(24)22-14-6-4-12(2)16(20)10-14/h3-6,9-10H,7-8H2,1-2H3,(H,21,23)(H,22,24).